The van der Waals surface area contributed by atoms with Gasteiger partial charge < -0.3 is 14.4 Å². The van der Waals surface area contributed by atoms with E-state index in [1.807, 2.05) is 11.0 Å². The Bertz CT molecular complexity index is 558. The van der Waals surface area contributed by atoms with Gasteiger partial charge in [-0.2, -0.15) is 0 Å². The van der Waals surface area contributed by atoms with Crippen LogP contribution in [-0.2, 0) is 4.79 Å². The van der Waals surface area contributed by atoms with Crippen LogP contribution in [0.3, 0.4) is 0 Å². The van der Waals surface area contributed by atoms with Gasteiger partial charge in [-0.05, 0) is 55.2 Å². The molecule has 4 nitrogen and oxygen atoms in total. The Kier molecular flexibility index (Phi) is 5.09. The monoisotopic (exact) mass is 317 g/mol. The van der Waals surface area contributed by atoms with Gasteiger partial charge in [0.05, 0.1) is 0 Å². The second-order valence-corrected chi connectivity index (χ2v) is 6.83. The van der Waals surface area contributed by atoms with Crippen LogP contribution in [0.15, 0.2) is 18.2 Å². The third-order valence-corrected chi connectivity index (χ3v) is 5.11. The maximum Gasteiger partial charge on any atom is 0.231 e. The van der Waals surface area contributed by atoms with E-state index >= 15 is 0 Å². The van der Waals surface area contributed by atoms with Gasteiger partial charge in [0.2, 0.25) is 12.7 Å². The number of hydrogen-bond donors (Lipinski definition) is 0. The summed E-state index contributed by atoms with van der Waals surface area (Å²) in [5, 5.41) is 0. The Hall–Kier alpha value is -1.71. The first-order valence-corrected chi connectivity index (χ1v) is 8.84. The highest BCUT2D eigenvalue weighted by atomic mass is 16.7. The molecule has 0 aliphatic carbocycles. The molecule has 2 heterocycles. The number of hydrogen-bond acceptors (Lipinski definition) is 3. The summed E-state index contributed by atoms with van der Waals surface area (Å²) in [6.45, 7) is 6.74. The van der Waals surface area contributed by atoms with Crippen molar-refractivity contribution in [3.63, 3.8) is 0 Å². The van der Waals surface area contributed by atoms with Gasteiger partial charge in [0, 0.05) is 19.5 Å². The van der Waals surface area contributed by atoms with Gasteiger partial charge in [0.25, 0.3) is 0 Å². The fraction of sp³-hybridized carbons (Fsp3) is 0.632. The molecule has 1 fully saturated rings. The molecular weight excluding hydrogens is 290 g/mol. The van der Waals surface area contributed by atoms with Crippen molar-refractivity contribution in [1.82, 2.24) is 4.90 Å². The maximum absolute atomic E-state index is 11.7. The SMILES string of the molecule is CCC(CC(C)CCN1CCCC1=O)c1ccc2c(c1)OCO2. The van der Waals surface area contributed by atoms with Crippen molar-refractivity contribution >= 4 is 5.91 Å². The van der Waals surface area contributed by atoms with Crippen molar-refractivity contribution in [3.8, 4) is 11.5 Å². The number of carbonyl (C=O) groups excluding carboxylic acids is 1. The lowest BCUT2D eigenvalue weighted by atomic mass is 9.86. The van der Waals surface area contributed by atoms with Crippen LogP contribution in [0.5, 0.6) is 11.5 Å². The van der Waals surface area contributed by atoms with Gasteiger partial charge in [-0.3, -0.25) is 4.79 Å². The first-order valence-electron chi connectivity index (χ1n) is 8.84. The van der Waals surface area contributed by atoms with E-state index in [1.54, 1.807) is 0 Å². The molecule has 2 unspecified atom stereocenters. The maximum atomic E-state index is 11.7. The van der Waals surface area contributed by atoms with Crippen LogP contribution < -0.4 is 9.47 Å². The van der Waals surface area contributed by atoms with Crippen LogP contribution in [0, 0.1) is 5.92 Å². The van der Waals surface area contributed by atoms with Gasteiger partial charge in [-0.15, -0.1) is 0 Å². The van der Waals surface area contributed by atoms with E-state index in [9.17, 15) is 4.79 Å². The molecule has 4 heteroatoms. The highest BCUT2D eigenvalue weighted by Gasteiger charge is 2.22. The molecule has 23 heavy (non-hydrogen) atoms. The van der Waals surface area contributed by atoms with Crippen LogP contribution in [0.1, 0.15) is 57.4 Å². The fourth-order valence-electron chi connectivity index (χ4n) is 3.63. The molecule has 0 aromatic heterocycles. The second kappa shape index (κ2) is 7.24. The summed E-state index contributed by atoms with van der Waals surface area (Å²) in [6, 6.07) is 6.32. The molecule has 2 aliphatic rings. The normalized spacial score (nSPS) is 19.2. The summed E-state index contributed by atoms with van der Waals surface area (Å²) in [6.07, 6.45) is 5.13. The number of nitrogens with zero attached hydrogens (tertiary/aromatic N) is 1. The second-order valence-electron chi connectivity index (χ2n) is 6.83. The van der Waals surface area contributed by atoms with Crippen molar-refractivity contribution in [2.75, 3.05) is 19.9 Å². The number of amides is 1. The summed E-state index contributed by atoms with van der Waals surface area (Å²) in [5.41, 5.74) is 1.33. The largest absolute Gasteiger partial charge is 0.454 e. The topological polar surface area (TPSA) is 38.8 Å². The third kappa shape index (κ3) is 3.80. The lowest BCUT2D eigenvalue weighted by molar-refractivity contribution is -0.127. The minimum absolute atomic E-state index is 0.329. The number of likely N-dealkylation sites (tertiary alicyclic amines) is 1. The van der Waals surface area contributed by atoms with E-state index in [0.717, 1.165) is 56.7 Å². The summed E-state index contributed by atoms with van der Waals surface area (Å²) < 4.78 is 10.9. The van der Waals surface area contributed by atoms with Crippen LogP contribution in [-0.4, -0.2) is 30.7 Å². The first-order chi connectivity index (χ1) is 11.2. The predicted octanol–water partition coefficient (Wildman–Crippen LogP) is 3.95. The Balaban J connectivity index is 1.55. The van der Waals surface area contributed by atoms with Crippen molar-refractivity contribution < 1.29 is 14.3 Å². The Labute approximate surface area is 138 Å². The molecule has 3 rings (SSSR count). The molecule has 0 saturated carbocycles. The summed E-state index contributed by atoms with van der Waals surface area (Å²) >= 11 is 0. The quantitative estimate of drug-likeness (QED) is 0.764. The van der Waals surface area contributed by atoms with E-state index in [2.05, 4.69) is 26.0 Å². The summed E-state index contributed by atoms with van der Waals surface area (Å²) in [5.74, 6) is 3.20. The molecular formula is C19H27NO3. The zero-order valence-corrected chi connectivity index (χ0v) is 14.2. The van der Waals surface area contributed by atoms with Gasteiger partial charge in [0.15, 0.2) is 11.5 Å². The van der Waals surface area contributed by atoms with E-state index in [-0.39, 0.29) is 0 Å². The molecule has 126 valence electrons. The predicted molar refractivity (Wildman–Crippen MR) is 89.8 cm³/mol. The third-order valence-electron chi connectivity index (χ3n) is 5.11. The fourth-order valence-corrected chi connectivity index (χ4v) is 3.63. The molecule has 2 aliphatic heterocycles. The molecule has 1 saturated heterocycles. The standard InChI is InChI=1S/C19H27NO3/c1-3-15(16-6-7-17-18(12-16)23-13-22-17)11-14(2)8-10-20-9-4-5-19(20)21/h6-7,12,14-15H,3-5,8-11,13H2,1-2H3. The van der Waals surface area contributed by atoms with Crippen LogP contribution in [0.25, 0.3) is 0 Å². The Morgan fingerprint density at radius 1 is 1.26 bits per heavy atom. The van der Waals surface area contributed by atoms with E-state index in [1.165, 1.54) is 5.56 Å². The summed E-state index contributed by atoms with van der Waals surface area (Å²) in [4.78, 5) is 13.7. The molecule has 0 bridgehead atoms. The lowest BCUT2D eigenvalue weighted by Crippen LogP contribution is -2.27. The Morgan fingerprint density at radius 2 is 2.09 bits per heavy atom. The van der Waals surface area contributed by atoms with Crippen molar-refractivity contribution in [1.29, 1.82) is 0 Å². The Morgan fingerprint density at radius 3 is 2.83 bits per heavy atom. The van der Waals surface area contributed by atoms with Crippen LogP contribution in [0.2, 0.25) is 0 Å². The minimum Gasteiger partial charge on any atom is -0.454 e. The van der Waals surface area contributed by atoms with Gasteiger partial charge in [-0.25, -0.2) is 0 Å². The van der Waals surface area contributed by atoms with Crippen molar-refractivity contribution in [2.45, 2.75) is 51.9 Å². The van der Waals surface area contributed by atoms with Crippen LogP contribution >= 0.6 is 0 Å². The number of rotatable bonds is 7. The molecule has 0 N–H and O–H groups in total. The van der Waals surface area contributed by atoms with Gasteiger partial charge in [-0.1, -0.05) is 19.9 Å². The average Bonchev–Trinajstić information content (AvgIpc) is 3.18. The molecule has 1 aromatic carbocycles. The minimum atomic E-state index is 0.329. The number of carbonyl (C=O) groups is 1. The summed E-state index contributed by atoms with van der Waals surface area (Å²) in [7, 11) is 0. The molecule has 0 spiro atoms. The average molecular weight is 317 g/mol. The number of benzene rings is 1. The molecule has 1 amide bonds. The highest BCUT2D eigenvalue weighted by Crippen LogP contribution is 2.37. The zero-order chi connectivity index (χ0) is 16.2. The molecule has 1 aromatic rings. The highest BCUT2D eigenvalue weighted by molar-refractivity contribution is 5.77. The number of fused-ring (bicyclic) bond motifs is 1. The van der Waals surface area contributed by atoms with Crippen molar-refractivity contribution in [3.05, 3.63) is 23.8 Å². The van der Waals surface area contributed by atoms with E-state index in [4.69, 9.17) is 9.47 Å². The van der Waals surface area contributed by atoms with Crippen molar-refractivity contribution in [2.24, 2.45) is 5.92 Å². The first kappa shape index (κ1) is 16.2. The smallest absolute Gasteiger partial charge is 0.231 e. The molecule has 2 atom stereocenters. The number of ether oxygens (including phenoxy) is 2. The lowest BCUT2D eigenvalue weighted by Gasteiger charge is -2.23. The van der Waals surface area contributed by atoms with Gasteiger partial charge >= 0.3 is 0 Å². The molecule has 0 radical (unpaired) electrons. The van der Waals surface area contributed by atoms with Gasteiger partial charge in [0.1, 0.15) is 0 Å². The van der Waals surface area contributed by atoms with E-state index in [0.29, 0.717) is 24.5 Å². The van der Waals surface area contributed by atoms with E-state index < -0.39 is 0 Å². The van der Waals surface area contributed by atoms with Crippen LogP contribution in [0.4, 0.5) is 0 Å². The zero-order valence-electron chi connectivity index (χ0n) is 14.2.